The summed E-state index contributed by atoms with van der Waals surface area (Å²) >= 11 is 0. The van der Waals surface area contributed by atoms with Crippen LogP contribution in [0.1, 0.15) is 25.1 Å². The number of amides is 2. The minimum absolute atomic E-state index is 0.00332. The number of carbonyl (C=O) groups excluding carboxylic acids is 2. The van der Waals surface area contributed by atoms with Crippen LogP contribution in [0.2, 0.25) is 0 Å². The van der Waals surface area contributed by atoms with Crippen molar-refractivity contribution in [1.82, 2.24) is 20.6 Å². The van der Waals surface area contributed by atoms with Gasteiger partial charge in [-0.05, 0) is 31.5 Å². The Morgan fingerprint density at radius 1 is 1.28 bits per heavy atom. The van der Waals surface area contributed by atoms with Crippen LogP contribution < -0.4 is 20.3 Å². The smallest absolute Gasteiger partial charge is 0.239 e. The van der Waals surface area contributed by atoms with Crippen LogP contribution in [0.3, 0.4) is 0 Å². The van der Waals surface area contributed by atoms with Crippen molar-refractivity contribution >= 4 is 17.6 Å². The second-order valence-corrected chi connectivity index (χ2v) is 7.44. The Hall–Kier alpha value is -3.16. The van der Waals surface area contributed by atoms with E-state index in [1.807, 2.05) is 43.0 Å². The van der Waals surface area contributed by atoms with E-state index >= 15 is 0 Å². The summed E-state index contributed by atoms with van der Waals surface area (Å²) in [6.45, 7) is 4.90. The Morgan fingerprint density at radius 2 is 2.07 bits per heavy atom. The molecule has 8 nitrogen and oxygen atoms in total. The number of benzene rings is 1. The lowest BCUT2D eigenvalue weighted by Gasteiger charge is -2.38. The summed E-state index contributed by atoms with van der Waals surface area (Å²) in [7, 11) is 1.65. The highest BCUT2D eigenvalue weighted by atomic mass is 16.5. The molecule has 1 saturated heterocycles. The molecule has 0 unspecified atom stereocenters. The lowest BCUT2D eigenvalue weighted by Crippen LogP contribution is -2.55. The van der Waals surface area contributed by atoms with Crippen molar-refractivity contribution in [2.24, 2.45) is 5.92 Å². The van der Waals surface area contributed by atoms with Crippen LogP contribution >= 0.6 is 0 Å². The van der Waals surface area contributed by atoms with Gasteiger partial charge in [0.15, 0.2) is 0 Å². The molecule has 0 spiro atoms. The van der Waals surface area contributed by atoms with E-state index in [9.17, 15) is 9.59 Å². The first kappa shape index (κ1) is 20.6. The molecule has 2 amide bonds. The number of carbonyl (C=O) groups is 2. The molecule has 1 aliphatic rings. The average molecular weight is 397 g/mol. The maximum Gasteiger partial charge on any atom is 0.239 e. The van der Waals surface area contributed by atoms with E-state index in [4.69, 9.17) is 4.74 Å². The molecule has 154 valence electrons. The number of hydrogen-bond donors (Lipinski definition) is 2. The van der Waals surface area contributed by atoms with Crippen LogP contribution in [-0.2, 0) is 16.0 Å². The Bertz CT molecular complexity index is 865. The molecular formula is C21H27N5O3. The van der Waals surface area contributed by atoms with Crippen LogP contribution in [0.15, 0.2) is 36.7 Å². The molecule has 0 bridgehead atoms. The molecule has 1 fully saturated rings. The van der Waals surface area contributed by atoms with E-state index in [1.165, 1.54) is 0 Å². The zero-order valence-corrected chi connectivity index (χ0v) is 17.0. The Balaban J connectivity index is 1.51. The van der Waals surface area contributed by atoms with E-state index in [0.29, 0.717) is 19.5 Å². The summed E-state index contributed by atoms with van der Waals surface area (Å²) in [4.78, 5) is 34.8. The lowest BCUT2D eigenvalue weighted by molar-refractivity contribution is -0.129. The third-order valence-corrected chi connectivity index (χ3v) is 4.64. The molecule has 1 aromatic heterocycles. The number of anilines is 1. The van der Waals surface area contributed by atoms with Gasteiger partial charge in [0, 0.05) is 31.7 Å². The maximum absolute atomic E-state index is 12.2. The SMILES string of the molecule is COc1cccc(Cc2cncc(N3CC(C(=O)NCC(=O)NC(C)C)C3)n2)c1. The molecule has 1 aliphatic heterocycles. The van der Waals surface area contributed by atoms with Crippen molar-refractivity contribution < 1.29 is 14.3 Å². The van der Waals surface area contributed by atoms with Crippen molar-refractivity contribution in [3.05, 3.63) is 47.9 Å². The fourth-order valence-electron chi connectivity index (χ4n) is 3.14. The van der Waals surface area contributed by atoms with Gasteiger partial charge >= 0.3 is 0 Å². The molecule has 1 aromatic carbocycles. The van der Waals surface area contributed by atoms with Gasteiger partial charge in [-0.3, -0.25) is 14.6 Å². The summed E-state index contributed by atoms with van der Waals surface area (Å²) in [5, 5.41) is 5.44. The number of rotatable bonds is 8. The van der Waals surface area contributed by atoms with Gasteiger partial charge < -0.3 is 20.3 Å². The molecule has 0 aliphatic carbocycles. The van der Waals surface area contributed by atoms with Crippen LogP contribution in [-0.4, -0.2) is 54.6 Å². The van der Waals surface area contributed by atoms with Gasteiger partial charge in [-0.25, -0.2) is 4.98 Å². The summed E-state index contributed by atoms with van der Waals surface area (Å²) < 4.78 is 5.26. The maximum atomic E-state index is 12.2. The number of aromatic nitrogens is 2. The molecule has 2 N–H and O–H groups in total. The van der Waals surface area contributed by atoms with Crippen molar-refractivity contribution in [3.8, 4) is 5.75 Å². The second-order valence-electron chi connectivity index (χ2n) is 7.44. The number of nitrogens with one attached hydrogen (secondary N) is 2. The first-order chi connectivity index (χ1) is 13.9. The van der Waals surface area contributed by atoms with E-state index < -0.39 is 0 Å². The number of ether oxygens (including phenoxy) is 1. The minimum Gasteiger partial charge on any atom is -0.497 e. The monoisotopic (exact) mass is 397 g/mol. The first-order valence-corrected chi connectivity index (χ1v) is 9.70. The van der Waals surface area contributed by atoms with Crippen molar-refractivity contribution in [2.75, 3.05) is 31.6 Å². The quantitative estimate of drug-likeness (QED) is 0.694. The van der Waals surface area contributed by atoms with Gasteiger partial charge in [0.05, 0.1) is 31.5 Å². The van der Waals surface area contributed by atoms with Crippen molar-refractivity contribution in [2.45, 2.75) is 26.3 Å². The van der Waals surface area contributed by atoms with E-state index in [1.54, 1.807) is 19.5 Å². The molecule has 0 radical (unpaired) electrons. The Labute approximate surface area is 170 Å². The molecule has 2 heterocycles. The minimum atomic E-state index is -0.180. The third kappa shape index (κ3) is 5.66. The van der Waals surface area contributed by atoms with Crippen molar-refractivity contribution in [1.29, 1.82) is 0 Å². The fraction of sp³-hybridized carbons (Fsp3) is 0.429. The predicted octanol–water partition coefficient (Wildman–Crippen LogP) is 1.15. The van der Waals surface area contributed by atoms with Gasteiger partial charge in [0.2, 0.25) is 11.8 Å². The van der Waals surface area contributed by atoms with Crippen LogP contribution in [0, 0.1) is 5.92 Å². The largest absolute Gasteiger partial charge is 0.497 e. The predicted molar refractivity (Wildman–Crippen MR) is 110 cm³/mol. The number of methoxy groups -OCH3 is 1. The summed E-state index contributed by atoms with van der Waals surface area (Å²) in [5.41, 5.74) is 1.95. The highest BCUT2D eigenvalue weighted by Gasteiger charge is 2.33. The highest BCUT2D eigenvalue weighted by molar-refractivity contribution is 5.87. The summed E-state index contributed by atoms with van der Waals surface area (Å²) in [5.74, 6) is 1.13. The summed E-state index contributed by atoms with van der Waals surface area (Å²) in [6, 6.07) is 7.92. The normalized spacial score (nSPS) is 13.7. The lowest BCUT2D eigenvalue weighted by atomic mass is 9.99. The zero-order chi connectivity index (χ0) is 20.8. The van der Waals surface area contributed by atoms with E-state index in [0.717, 1.165) is 22.8 Å². The second kappa shape index (κ2) is 9.36. The number of nitrogens with zero attached hydrogens (tertiary/aromatic N) is 3. The van der Waals surface area contributed by atoms with Gasteiger partial charge in [-0.1, -0.05) is 12.1 Å². The molecule has 8 heteroatoms. The highest BCUT2D eigenvalue weighted by Crippen LogP contribution is 2.23. The first-order valence-electron chi connectivity index (χ1n) is 9.70. The number of hydrogen-bond acceptors (Lipinski definition) is 6. The topological polar surface area (TPSA) is 96.5 Å². The van der Waals surface area contributed by atoms with E-state index in [2.05, 4.69) is 20.6 Å². The van der Waals surface area contributed by atoms with Crippen LogP contribution in [0.4, 0.5) is 5.82 Å². The Kier molecular flexibility index (Phi) is 6.64. The molecule has 3 rings (SSSR count). The zero-order valence-electron chi connectivity index (χ0n) is 17.0. The molecule has 29 heavy (non-hydrogen) atoms. The standard InChI is InChI=1S/C21H27N5O3/c1-14(2)24-20(27)11-23-21(28)16-12-26(13-16)19-10-22-9-17(25-19)7-15-5-4-6-18(8-15)29-3/h4-6,8-10,14,16H,7,11-13H2,1-3H3,(H,23,28)(H,24,27). The van der Waals surface area contributed by atoms with Gasteiger partial charge in [0.1, 0.15) is 11.6 Å². The fourth-order valence-corrected chi connectivity index (χ4v) is 3.14. The molecular weight excluding hydrogens is 370 g/mol. The van der Waals surface area contributed by atoms with Gasteiger partial charge in [-0.2, -0.15) is 0 Å². The molecule has 2 aromatic rings. The van der Waals surface area contributed by atoms with Crippen LogP contribution in [0.25, 0.3) is 0 Å². The van der Waals surface area contributed by atoms with E-state index in [-0.39, 0.29) is 30.3 Å². The molecule has 0 saturated carbocycles. The summed E-state index contributed by atoms with van der Waals surface area (Å²) in [6.07, 6.45) is 4.11. The Morgan fingerprint density at radius 3 is 2.79 bits per heavy atom. The van der Waals surface area contributed by atoms with Gasteiger partial charge in [0.25, 0.3) is 0 Å². The molecule has 0 atom stereocenters. The average Bonchev–Trinajstić information content (AvgIpc) is 2.65. The van der Waals surface area contributed by atoms with Gasteiger partial charge in [-0.15, -0.1) is 0 Å². The van der Waals surface area contributed by atoms with Crippen molar-refractivity contribution in [3.63, 3.8) is 0 Å². The third-order valence-electron chi connectivity index (χ3n) is 4.64. The van der Waals surface area contributed by atoms with Crippen LogP contribution in [0.5, 0.6) is 5.75 Å².